The van der Waals surface area contributed by atoms with E-state index in [-0.39, 0.29) is 29.9 Å². The number of ether oxygens (including phenoxy) is 4. The van der Waals surface area contributed by atoms with E-state index in [0.29, 0.717) is 19.6 Å². The zero-order valence-corrected chi connectivity index (χ0v) is 21.4. The molecule has 4 atom stereocenters. The van der Waals surface area contributed by atoms with Crippen LogP contribution in [-0.2, 0) is 20.7 Å². The number of carbonyl (C=O) groups excluding carboxylic acids is 2. The van der Waals surface area contributed by atoms with Crippen LogP contribution in [0, 0.1) is 11.8 Å². The van der Waals surface area contributed by atoms with E-state index in [1.807, 2.05) is 55.5 Å². The average molecular weight is 521 g/mol. The van der Waals surface area contributed by atoms with Gasteiger partial charge < -0.3 is 29.4 Å². The number of esters is 1. The third-order valence-electron chi connectivity index (χ3n) is 6.57. The first-order chi connectivity index (χ1) is 18.5. The maximum absolute atomic E-state index is 13.1. The molecule has 1 fully saturated rings. The fourth-order valence-electron chi connectivity index (χ4n) is 4.47. The molecule has 200 valence electrons. The summed E-state index contributed by atoms with van der Waals surface area (Å²) in [5.41, 5.74) is 0.870. The molecule has 4 rings (SSSR count). The molecule has 1 aliphatic rings. The number of aromatic hydroxyl groups is 1. The molecule has 2 heterocycles. The molecular formula is C29H32N2O7. The molecule has 1 saturated heterocycles. The second-order valence-corrected chi connectivity index (χ2v) is 9.15. The maximum Gasteiger partial charge on any atom is 0.331 e. The zero-order chi connectivity index (χ0) is 26.9. The van der Waals surface area contributed by atoms with Crippen molar-refractivity contribution in [2.24, 2.45) is 11.8 Å². The van der Waals surface area contributed by atoms with Crippen molar-refractivity contribution in [2.45, 2.75) is 25.5 Å². The monoisotopic (exact) mass is 520 g/mol. The van der Waals surface area contributed by atoms with Gasteiger partial charge >= 0.3 is 5.97 Å². The molecule has 1 aromatic heterocycles. The number of hydrogen-bond donors (Lipinski definition) is 2. The molecule has 2 aromatic carbocycles. The lowest BCUT2D eigenvalue weighted by molar-refractivity contribution is -0.154. The van der Waals surface area contributed by atoms with Crippen molar-refractivity contribution in [3.05, 3.63) is 84.2 Å². The Kier molecular flexibility index (Phi) is 9.16. The molecule has 9 heteroatoms. The molecule has 3 aromatic rings. The van der Waals surface area contributed by atoms with Gasteiger partial charge in [0.05, 0.1) is 26.9 Å². The number of nitrogens with one attached hydrogen (secondary N) is 1. The Hall–Kier alpha value is -4.11. The highest BCUT2D eigenvalue weighted by Crippen LogP contribution is 2.29. The molecule has 0 unspecified atom stereocenters. The average Bonchev–Trinajstić information content (AvgIpc) is 2.97. The molecular weight excluding hydrogens is 488 g/mol. The molecule has 0 aliphatic carbocycles. The van der Waals surface area contributed by atoms with Gasteiger partial charge in [0.1, 0.15) is 11.9 Å². The van der Waals surface area contributed by atoms with E-state index >= 15 is 0 Å². The highest BCUT2D eigenvalue weighted by molar-refractivity contribution is 5.98. The molecule has 0 saturated carbocycles. The molecule has 1 aliphatic heterocycles. The smallest absolute Gasteiger partial charge is 0.331 e. The van der Waals surface area contributed by atoms with Crippen molar-refractivity contribution >= 4 is 11.9 Å². The number of aromatic nitrogens is 1. The van der Waals surface area contributed by atoms with Gasteiger partial charge in [-0.2, -0.15) is 0 Å². The van der Waals surface area contributed by atoms with Crippen LogP contribution in [0.25, 0.3) is 0 Å². The molecule has 0 spiro atoms. The summed E-state index contributed by atoms with van der Waals surface area (Å²) in [5, 5.41) is 12.9. The van der Waals surface area contributed by atoms with Crippen LogP contribution in [0.3, 0.4) is 0 Å². The van der Waals surface area contributed by atoms with Gasteiger partial charge in [-0.25, -0.2) is 9.78 Å². The fraction of sp³-hybridized carbons (Fsp3) is 0.345. The number of cyclic esters (lactones) is 1. The van der Waals surface area contributed by atoms with Crippen LogP contribution in [0.2, 0.25) is 0 Å². The number of carbonyl (C=O) groups is 2. The van der Waals surface area contributed by atoms with E-state index in [2.05, 4.69) is 22.4 Å². The van der Waals surface area contributed by atoms with Crippen molar-refractivity contribution in [1.29, 1.82) is 0 Å². The first-order valence-corrected chi connectivity index (χ1v) is 12.5. The van der Waals surface area contributed by atoms with E-state index in [4.69, 9.17) is 18.9 Å². The van der Waals surface area contributed by atoms with Gasteiger partial charge in [0.25, 0.3) is 5.91 Å². The summed E-state index contributed by atoms with van der Waals surface area (Å²) in [6.45, 7) is 2.37. The highest BCUT2D eigenvalue weighted by Gasteiger charge is 2.36. The van der Waals surface area contributed by atoms with E-state index < -0.39 is 29.8 Å². The van der Waals surface area contributed by atoms with Crippen molar-refractivity contribution in [3.8, 4) is 17.2 Å². The molecule has 38 heavy (non-hydrogen) atoms. The Morgan fingerprint density at radius 2 is 1.79 bits per heavy atom. The highest BCUT2D eigenvalue weighted by atomic mass is 16.6. The summed E-state index contributed by atoms with van der Waals surface area (Å²) in [4.78, 5) is 29.9. The van der Waals surface area contributed by atoms with Gasteiger partial charge in [0.15, 0.2) is 23.2 Å². The first-order valence-electron chi connectivity index (χ1n) is 12.5. The molecule has 2 N–H and O–H groups in total. The number of para-hydroxylation sites is 1. The van der Waals surface area contributed by atoms with E-state index in [1.54, 1.807) is 0 Å². The number of benzene rings is 2. The van der Waals surface area contributed by atoms with Crippen molar-refractivity contribution in [2.75, 3.05) is 26.9 Å². The van der Waals surface area contributed by atoms with E-state index in [9.17, 15) is 14.7 Å². The Morgan fingerprint density at radius 1 is 1.08 bits per heavy atom. The van der Waals surface area contributed by atoms with Crippen LogP contribution in [0.1, 0.15) is 23.0 Å². The third kappa shape index (κ3) is 6.80. The van der Waals surface area contributed by atoms with Crippen LogP contribution in [0.5, 0.6) is 17.2 Å². The number of amides is 1. The molecule has 1 amide bonds. The lowest BCUT2D eigenvalue weighted by Crippen LogP contribution is -2.46. The quantitative estimate of drug-likeness (QED) is 0.434. The Labute approximate surface area is 221 Å². The van der Waals surface area contributed by atoms with Gasteiger partial charge in [-0.05, 0) is 37.0 Å². The summed E-state index contributed by atoms with van der Waals surface area (Å²) in [6.07, 6.45) is 1.51. The number of methoxy groups -OCH3 is 1. The topological polar surface area (TPSA) is 116 Å². The van der Waals surface area contributed by atoms with Gasteiger partial charge in [0.2, 0.25) is 0 Å². The van der Waals surface area contributed by atoms with Crippen molar-refractivity contribution in [1.82, 2.24) is 10.3 Å². The minimum Gasteiger partial charge on any atom is -0.503 e. The molecule has 0 bridgehead atoms. The summed E-state index contributed by atoms with van der Waals surface area (Å²) in [6, 6.07) is 19.8. The van der Waals surface area contributed by atoms with Gasteiger partial charge in [0, 0.05) is 18.2 Å². The van der Waals surface area contributed by atoms with Crippen molar-refractivity contribution < 1.29 is 33.6 Å². The van der Waals surface area contributed by atoms with Crippen LogP contribution in [0.4, 0.5) is 0 Å². The van der Waals surface area contributed by atoms with E-state index in [0.717, 1.165) is 11.3 Å². The Bertz CT molecular complexity index is 1210. The molecule has 0 radical (unpaired) electrons. The van der Waals surface area contributed by atoms with Gasteiger partial charge in [-0.15, -0.1) is 0 Å². The summed E-state index contributed by atoms with van der Waals surface area (Å²) in [5.74, 6) is -1.19. The Morgan fingerprint density at radius 3 is 2.50 bits per heavy atom. The van der Waals surface area contributed by atoms with Crippen molar-refractivity contribution in [3.63, 3.8) is 0 Å². The summed E-state index contributed by atoms with van der Waals surface area (Å²) < 4.78 is 22.9. The predicted octanol–water partition coefficient (Wildman–Crippen LogP) is 3.41. The summed E-state index contributed by atoms with van der Waals surface area (Å²) in [7, 11) is 1.37. The van der Waals surface area contributed by atoms with Crippen LogP contribution >= 0.6 is 0 Å². The minimum atomic E-state index is -1.09. The van der Waals surface area contributed by atoms with Crippen LogP contribution in [-0.4, -0.2) is 61.0 Å². The number of pyridine rings is 1. The predicted molar refractivity (Wildman–Crippen MR) is 139 cm³/mol. The van der Waals surface area contributed by atoms with Crippen LogP contribution in [0.15, 0.2) is 72.9 Å². The largest absolute Gasteiger partial charge is 0.503 e. The lowest BCUT2D eigenvalue weighted by Gasteiger charge is -2.30. The number of nitrogens with zero attached hydrogens (tertiary/aromatic N) is 1. The normalized spacial score (nSPS) is 21.8. The second kappa shape index (κ2) is 12.9. The third-order valence-corrected chi connectivity index (χ3v) is 6.57. The SMILES string of the molecule is COc1ccnc(C(=O)N[C@H]2COC[C@H](Cc3ccccc3)[C@@H](COc3ccccc3)[C@H](C)OC2=O)c1O. The second-order valence-electron chi connectivity index (χ2n) is 9.15. The Balaban J connectivity index is 1.52. The van der Waals surface area contributed by atoms with Gasteiger partial charge in [-0.3, -0.25) is 4.79 Å². The maximum atomic E-state index is 13.1. The first kappa shape index (κ1) is 26.9. The summed E-state index contributed by atoms with van der Waals surface area (Å²) >= 11 is 0. The standard InChI is InChI=1S/C29H32N2O7/c1-19-23(17-37-22-11-7-4-8-12-22)21(15-20-9-5-3-6-10-20)16-36-18-24(29(34)38-19)31-28(33)26-27(32)25(35-2)13-14-30-26/h3-14,19,21,23-24,32H,15-18H2,1-2H3,(H,31,33)/t19-,21-,23-,24-/m0/s1. The van der Waals surface area contributed by atoms with Gasteiger partial charge in [-0.1, -0.05) is 48.5 Å². The zero-order valence-electron chi connectivity index (χ0n) is 21.4. The minimum absolute atomic E-state index is 0.0255. The van der Waals surface area contributed by atoms with E-state index in [1.165, 1.54) is 19.4 Å². The lowest BCUT2D eigenvalue weighted by atomic mass is 9.84. The fourth-order valence-corrected chi connectivity index (χ4v) is 4.47. The number of rotatable bonds is 8. The molecule has 9 nitrogen and oxygen atoms in total. The number of hydrogen-bond acceptors (Lipinski definition) is 8. The van der Waals surface area contributed by atoms with Crippen LogP contribution < -0.4 is 14.8 Å².